The molecule has 2 atom stereocenters. The molecule has 86 valence electrons. The van der Waals surface area contributed by atoms with Gasteiger partial charge in [-0.3, -0.25) is 4.79 Å². The lowest BCUT2D eigenvalue weighted by Gasteiger charge is -2.32. The maximum Gasteiger partial charge on any atom is 0.315 e. The lowest BCUT2D eigenvalue weighted by Crippen LogP contribution is -2.44. The molecule has 0 aliphatic heterocycles. The Morgan fingerprint density at radius 2 is 2.00 bits per heavy atom. The molecule has 0 heterocycles. The van der Waals surface area contributed by atoms with Crippen molar-refractivity contribution in [3.8, 4) is 0 Å². The Bertz CT molecular complexity index is 268. The zero-order valence-corrected chi connectivity index (χ0v) is 9.58. The van der Waals surface area contributed by atoms with Gasteiger partial charge in [0, 0.05) is 0 Å². The van der Waals surface area contributed by atoms with Crippen LogP contribution in [0, 0.1) is 11.3 Å². The van der Waals surface area contributed by atoms with Crippen LogP contribution in [0.3, 0.4) is 0 Å². The number of carbonyl (C=O) groups is 1. The van der Waals surface area contributed by atoms with Crippen molar-refractivity contribution in [2.24, 2.45) is 11.3 Å². The van der Waals surface area contributed by atoms with E-state index in [1.54, 1.807) is 0 Å². The van der Waals surface area contributed by atoms with Crippen LogP contribution >= 0.6 is 0 Å². The predicted molar refractivity (Wildman–Crippen MR) is 56.3 cm³/mol. The fourth-order valence-electron chi connectivity index (χ4n) is 3.21. The van der Waals surface area contributed by atoms with E-state index >= 15 is 0 Å². The maximum absolute atomic E-state index is 11.9. The summed E-state index contributed by atoms with van der Waals surface area (Å²) in [4.78, 5) is 11.9. The molecule has 0 aromatic rings. The number of esters is 1. The second kappa shape index (κ2) is 3.48. The highest BCUT2D eigenvalue weighted by atomic mass is 16.5. The molecule has 0 radical (unpaired) electrons. The molecule has 2 saturated carbocycles. The van der Waals surface area contributed by atoms with E-state index in [0.29, 0.717) is 6.61 Å². The fraction of sp³-hybridized carbons (Fsp3) is 0.917. The van der Waals surface area contributed by atoms with Crippen LogP contribution in [0.4, 0.5) is 0 Å². The van der Waals surface area contributed by atoms with E-state index in [1.807, 2.05) is 13.8 Å². The monoisotopic (exact) mass is 212 g/mol. The third kappa shape index (κ3) is 1.40. The topological polar surface area (TPSA) is 46.5 Å². The summed E-state index contributed by atoms with van der Waals surface area (Å²) in [5.74, 6) is 0.0987. The van der Waals surface area contributed by atoms with E-state index in [4.69, 9.17) is 4.74 Å². The molecule has 0 bridgehead atoms. The standard InChI is InChI=1S/C12H20O3/c1-3-15-10(13)12(8-9(12)2)11(14)6-4-5-7-11/h9,14H,3-8H2,1-2H3. The van der Waals surface area contributed by atoms with Gasteiger partial charge in [-0.1, -0.05) is 19.8 Å². The van der Waals surface area contributed by atoms with Gasteiger partial charge < -0.3 is 9.84 Å². The normalized spacial score (nSPS) is 37.7. The smallest absolute Gasteiger partial charge is 0.315 e. The minimum absolute atomic E-state index is 0.179. The maximum atomic E-state index is 11.9. The van der Waals surface area contributed by atoms with Crippen molar-refractivity contribution in [1.82, 2.24) is 0 Å². The van der Waals surface area contributed by atoms with Gasteiger partial charge in [0.25, 0.3) is 0 Å². The molecular weight excluding hydrogens is 192 g/mol. The van der Waals surface area contributed by atoms with Crippen LogP contribution in [0.2, 0.25) is 0 Å². The quantitative estimate of drug-likeness (QED) is 0.726. The van der Waals surface area contributed by atoms with Crippen LogP contribution < -0.4 is 0 Å². The van der Waals surface area contributed by atoms with E-state index in [-0.39, 0.29) is 11.9 Å². The van der Waals surface area contributed by atoms with E-state index in [9.17, 15) is 9.90 Å². The van der Waals surface area contributed by atoms with Crippen LogP contribution in [-0.4, -0.2) is 23.3 Å². The van der Waals surface area contributed by atoms with Gasteiger partial charge in [-0.05, 0) is 32.1 Å². The van der Waals surface area contributed by atoms with Gasteiger partial charge in [0.2, 0.25) is 0 Å². The number of carbonyl (C=O) groups excluding carboxylic acids is 1. The highest BCUT2D eigenvalue weighted by Gasteiger charge is 2.70. The molecule has 0 saturated heterocycles. The minimum Gasteiger partial charge on any atom is -0.465 e. The highest BCUT2D eigenvalue weighted by molar-refractivity contribution is 5.82. The first-order valence-electron chi connectivity index (χ1n) is 5.96. The van der Waals surface area contributed by atoms with Gasteiger partial charge in [0.15, 0.2) is 0 Å². The van der Waals surface area contributed by atoms with Gasteiger partial charge in [0.1, 0.15) is 0 Å². The van der Waals surface area contributed by atoms with E-state index in [0.717, 1.165) is 32.1 Å². The van der Waals surface area contributed by atoms with Gasteiger partial charge in [0.05, 0.1) is 17.6 Å². The Balaban J connectivity index is 2.19. The lowest BCUT2D eigenvalue weighted by atomic mass is 9.81. The zero-order chi connectivity index (χ0) is 11.1. The Kier molecular flexibility index (Phi) is 2.53. The van der Waals surface area contributed by atoms with Gasteiger partial charge in [-0.25, -0.2) is 0 Å². The molecule has 0 amide bonds. The third-order valence-electron chi connectivity index (χ3n) is 4.21. The van der Waals surface area contributed by atoms with Crippen molar-refractivity contribution < 1.29 is 14.6 Å². The highest BCUT2D eigenvalue weighted by Crippen LogP contribution is 2.64. The van der Waals surface area contributed by atoms with E-state index < -0.39 is 11.0 Å². The third-order valence-corrected chi connectivity index (χ3v) is 4.21. The largest absolute Gasteiger partial charge is 0.465 e. The molecular formula is C12H20O3. The van der Waals surface area contributed by atoms with Crippen LogP contribution in [-0.2, 0) is 9.53 Å². The summed E-state index contributed by atoms with van der Waals surface area (Å²) in [6.45, 7) is 4.26. The van der Waals surface area contributed by atoms with Crippen molar-refractivity contribution in [1.29, 1.82) is 0 Å². The number of hydrogen-bond donors (Lipinski definition) is 1. The van der Waals surface area contributed by atoms with E-state index in [1.165, 1.54) is 0 Å². The molecule has 2 rings (SSSR count). The molecule has 0 aromatic carbocycles. The summed E-state index contributed by atoms with van der Waals surface area (Å²) in [6.07, 6.45) is 4.38. The van der Waals surface area contributed by atoms with Crippen molar-refractivity contribution >= 4 is 5.97 Å². The molecule has 3 nitrogen and oxygen atoms in total. The van der Waals surface area contributed by atoms with Crippen molar-refractivity contribution in [3.63, 3.8) is 0 Å². The summed E-state index contributed by atoms with van der Waals surface area (Å²) in [5, 5.41) is 10.5. The van der Waals surface area contributed by atoms with Gasteiger partial charge in [-0.15, -0.1) is 0 Å². The van der Waals surface area contributed by atoms with Gasteiger partial charge in [-0.2, -0.15) is 0 Å². The number of rotatable bonds is 3. The molecule has 0 spiro atoms. The summed E-state index contributed by atoms with van der Waals surface area (Å²) < 4.78 is 5.12. The van der Waals surface area contributed by atoms with Crippen LogP contribution in [0.25, 0.3) is 0 Å². The average molecular weight is 212 g/mol. The predicted octanol–water partition coefficient (Wildman–Crippen LogP) is 1.88. The number of ether oxygens (including phenoxy) is 1. The molecule has 1 N–H and O–H groups in total. The summed E-state index contributed by atoms with van der Waals surface area (Å²) >= 11 is 0. The minimum atomic E-state index is -0.779. The first kappa shape index (κ1) is 10.9. The second-order valence-corrected chi connectivity index (χ2v) is 5.04. The molecule has 0 aromatic heterocycles. The van der Waals surface area contributed by atoms with Crippen LogP contribution in [0.1, 0.15) is 46.0 Å². The first-order valence-corrected chi connectivity index (χ1v) is 5.96. The van der Waals surface area contributed by atoms with Crippen molar-refractivity contribution in [2.45, 2.75) is 51.6 Å². The van der Waals surface area contributed by atoms with Crippen molar-refractivity contribution in [2.75, 3.05) is 6.61 Å². The average Bonchev–Trinajstić information content (AvgIpc) is 2.68. The molecule has 3 heteroatoms. The Morgan fingerprint density at radius 1 is 1.47 bits per heavy atom. The molecule has 15 heavy (non-hydrogen) atoms. The molecule has 2 fully saturated rings. The lowest BCUT2D eigenvalue weighted by molar-refractivity contribution is -0.163. The van der Waals surface area contributed by atoms with Crippen molar-refractivity contribution in [3.05, 3.63) is 0 Å². The van der Waals surface area contributed by atoms with Crippen LogP contribution in [0.5, 0.6) is 0 Å². The van der Waals surface area contributed by atoms with Gasteiger partial charge >= 0.3 is 5.97 Å². The zero-order valence-electron chi connectivity index (χ0n) is 9.58. The molecule has 2 unspecified atom stereocenters. The molecule has 2 aliphatic carbocycles. The SMILES string of the molecule is CCOC(=O)C1(C2(O)CCCC2)CC1C. The number of aliphatic hydroxyl groups is 1. The second-order valence-electron chi connectivity index (χ2n) is 5.04. The number of hydrogen-bond acceptors (Lipinski definition) is 3. The summed E-state index contributed by atoms with van der Waals surface area (Å²) in [6, 6.07) is 0. The Morgan fingerprint density at radius 3 is 2.40 bits per heavy atom. The fourth-order valence-corrected chi connectivity index (χ4v) is 3.21. The van der Waals surface area contributed by atoms with Crippen LogP contribution in [0.15, 0.2) is 0 Å². The molecule has 2 aliphatic rings. The van der Waals surface area contributed by atoms with E-state index in [2.05, 4.69) is 0 Å². The Labute approximate surface area is 90.8 Å². The summed E-state index contributed by atoms with van der Waals surface area (Å²) in [5.41, 5.74) is -1.35. The summed E-state index contributed by atoms with van der Waals surface area (Å²) in [7, 11) is 0. The first-order chi connectivity index (χ1) is 7.07. The Hall–Kier alpha value is -0.570.